The first kappa shape index (κ1) is 34.5. The number of amides is 1. The average molecular weight is 670 g/mol. The van der Waals surface area contributed by atoms with Crippen LogP contribution in [0.1, 0.15) is 93.3 Å². The van der Waals surface area contributed by atoms with Crippen LogP contribution >= 0.6 is 11.6 Å². The number of nitrogens with one attached hydrogen (secondary N) is 1. The molecule has 5 atom stereocenters. The number of halogens is 1. The molecular weight excluding hydrogens is 622 g/mol. The average Bonchev–Trinajstić information content (AvgIpc) is 3.16. The van der Waals surface area contributed by atoms with E-state index in [9.17, 15) is 18.3 Å². The van der Waals surface area contributed by atoms with Crippen LogP contribution in [0.4, 0.5) is 5.69 Å². The van der Waals surface area contributed by atoms with Crippen molar-refractivity contribution in [3.8, 4) is 5.75 Å². The number of nitrogens with zero attached hydrogens (tertiary/aromatic N) is 2. The summed E-state index contributed by atoms with van der Waals surface area (Å²) in [6, 6.07) is 9.10. The van der Waals surface area contributed by atoms with Gasteiger partial charge in [-0.3, -0.25) is 4.79 Å². The number of hydrogen-bond donors (Lipinski definition) is 2. The van der Waals surface area contributed by atoms with Crippen LogP contribution in [0.5, 0.6) is 5.75 Å². The van der Waals surface area contributed by atoms with Gasteiger partial charge in [-0.15, -0.1) is 6.58 Å². The first-order valence-corrected chi connectivity index (χ1v) is 18.7. The van der Waals surface area contributed by atoms with Gasteiger partial charge >= 0.3 is 0 Å². The lowest BCUT2D eigenvalue weighted by molar-refractivity contribution is 0.0456. The van der Waals surface area contributed by atoms with Crippen LogP contribution in [0.2, 0.25) is 5.15 Å². The van der Waals surface area contributed by atoms with Gasteiger partial charge in [0.1, 0.15) is 10.9 Å². The minimum Gasteiger partial charge on any atom is -0.490 e. The van der Waals surface area contributed by atoms with Gasteiger partial charge < -0.3 is 14.7 Å². The number of ether oxygens (including phenoxy) is 1. The molecule has 8 nitrogen and oxygen atoms in total. The van der Waals surface area contributed by atoms with Crippen molar-refractivity contribution in [2.45, 2.75) is 94.8 Å². The van der Waals surface area contributed by atoms with E-state index in [4.69, 9.17) is 16.3 Å². The van der Waals surface area contributed by atoms with Crippen LogP contribution < -0.4 is 14.4 Å². The molecule has 2 heterocycles. The first-order valence-electron chi connectivity index (χ1n) is 16.8. The molecule has 1 aromatic heterocycles. The largest absolute Gasteiger partial charge is 0.490 e. The van der Waals surface area contributed by atoms with Crippen molar-refractivity contribution in [1.82, 2.24) is 9.71 Å². The topological polar surface area (TPSA) is 109 Å². The highest BCUT2D eigenvalue weighted by Gasteiger charge is 2.44. The summed E-state index contributed by atoms with van der Waals surface area (Å²) in [7, 11) is -3.88. The van der Waals surface area contributed by atoms with E-state index >= 15 is 0 Å². The maximum Gasteiger partial charge on any atom is 0.264 e. The van der Waals surface area contributed by atoms with Crippen molar-refractivity contribution in [3.05, 3.63) is 77.1 Å². The molecule has 2 N–H and O–H groups in total. The Morgan fingerprint density at radius 1 is 1.26 bits per heavy atom. The molecule has 2 aliphatic carbocycles. The number of pyridine rings is 1. The highest BCUT2D eigenvalue weighted by molar-refractivity contribution is 7.90. The summed E-state index contributed by atoms with van der Waals surface area (Å²) in [4.78, 5) is 20.4. The minimum atomic E-state index is -3.88. The highest BCUT2D eigenvalue weighted by Crippen LogP contribution is 2.46. The fourth-order valence-corrected chi connectivity index (χ4v) is 8.94. The number of rotatable bonds is 13. The predicted molar refractivity (Wildman–Crippen MR) is 184 cm³/mol. The second kappa shape index (κ2) is 14.9. The maximum atomic E-state index is 13.4. The van der Waals surface area contributed by atoms with Gasteiger partial charge in [-0.25, -0.2) is 18.1 Å². The number of carbonyl (C=O) groups is 1. The lowest BCUT2D eigenvalue weighted by Gasteiger charge is -2.45. The van der Waals surface area contributed by atoms with Crippen molar-refractivity contribution in [3.63, 3.8) is 0 Å². The normalized spacial score (nSPS) is 23.9. The Bertz CT molecular complexity index is 1550. The van der Waals surface area contributed by atoms with Crippen LogP contribution in [-0.4, -0.2) is 55.5 Å². The Hall–Kier alpha value is -2.88. The number of carbonyl (C=O) groups excluding carboxylic acids is 1. The second-order valence-electron chi connectivity index (χ2n) is 13.2. The highest BCUT2D eigenvalue weighted by atomic mass is 35.5. The van der Waals surface area contributed by atoms with Crippen LogP contribution in [0.25, 0.3) is 0 Å². The van der Waals surface area contributed by atoms with E-state index in [-0.39, 0.29) is 22.8 Å². The number of hydrogen-bond acceptors (Lipinski definition) is 7. The van der Waals surface area contributed by atoms with Crippen molar-refractivity contribution >= 4 is 33.2 Å². The van der Waals surface area contributed by atoms with Crippen molar-refractivity contribution < 1.29 is 23.1 Å². The van der Waals surface area contributed by atoms with Gasteiger partial charge in [0, 0.05) is 29.8 Å². The number of anilines is 1. The standard InChI is InChI=1S/C36H48ClN3O5S/c1-4-7-9-13-32(41)28-16-14-26(28)22-40-23-36(20-10-12-30-29(36)17-19-34(37)38-30)24-45-33-18-15-25(21-31(33)40)35(42)39-46(43,44)27(6-3)11-8-5-2/h5,9,13,15,17-19,21,26-28,32,41H,2,4,6-8,10-12,14,16,20,22-24H2,1,3H3,(H,39,42)/b13-9+/t26-,27?,28+,32?,36-/m0/s1. The van der Waals surface area contributed by atoms with E-state index < -0.39 is 27.3 Å². The van der Waals surface area contributed by atoms with Crippen molar-refractivity contribution in [1.29, 1.82) is 0 Å². The number of aliphatic hydroxyl groups excluding tert-OH is 1. The molecule has 0 radical (unpaired) electrons. The molecule has 10 heteroatoms. The van der Waals surface area contributed by atoms with Crippen LogP contribution in [0.15, 0.2) is 55.1 Å². The summed E-state index contributed by atoms with van der Waals surface area (Å²) in [5.74, 6) is 0.401. The number of allylic oxidation sites excluding steroid dienone is 2. The molecule has 1 saturated carbocycles. The quantitative estimate of drug-likeness (QED) is 0.179. The Morgan fingerprint density at radius 3 is 2.80 bits per heavy atom. The molecule has 2 aromatic rings. The summed E-state index contributed by atoms with van der Waals surface area (Å²) in [5.41, 5.74) is 2.82. The lowest BCUT2D eigenvalue weighted by atomic mass is 9.69. The molecule has 5 rings (SSSR count). The van der Waals surface area contributed by atoms with Crippen LogP contribution in [0.3, 0.4) is 0 Å². The number of aryl methyl sites for hydroxylation is 1. The maximum absolute atomic E-state index is 13.4. The van der Waals surface area contributed by atoms with Crippen LogP contribution in [-0.2, 0) is 21.9 Å². The van der Waals surface area contributed by atoms with Crippen LogP contribution in [0, 0.1) is 11.8 Å². The molecule has 1 spiro atoms. The molecule has 1 fully saturated rings. The van der Waals surface area contributed by atoms with E-state index in [0.29, 0.717) is 49.9 Å². The molecule has 0 saturated heterocycles. The SMILES string of the molecule is C=CCCC(CC)S(=O)(=O)NC(=O)c1ccc2c(c1)N(C[C@@H]1CC[C@H]1C(O)/C=C/CCC)C[C@@]1(CCCc3nc(Cl)ccc31)CO2. The Labute approximate surface area is 279 Å². The molecular formula is C36H48ClN3O5S. The molecule has 250 valence electrons. The third-order valence-electron chi connectivity index (χ3n) is 10.1. The summed E-state index contributed by atoms with van der Waals surface area (Å²) in [6.45, 7) is 9.40. The lowest BCUT2D eigenvalue weighted by Crippen LogP contribution is -2.49. The van der Waals surface area contributed by atoms with E-state index in [1.807, 2.05) is 19.1 Å². The Kier molecular flexibility index (Phi) is 11.2. The number of unbranched alkanes of at least 4 members (excludes halogenated alkanes) is 1. The molecule has 1 aromatic carbocycles. The van der Waals surface area contributed by atoms with E-state index in [1.165, 1.54) is 0 Å². The molecule has 46 heavy (non-hydrogen) atoms. The van der Waals surface area contributed by atoms with E-state index in [0.717, 1.165) is 61.9 Å². The van der Waals surface area contributed by atoms with E-state index in [2.05, 4.69) is 40.3 Å². The van der Waals surface area contributed by atoms with Crippen molar-refractivity contribution in [2.75, 3.05) is 24.6 Å². The third kappa shape index (κ3) is 7.47. The summed E-state index contributed by atoms with van der Waals surface area (Å²) in [5, 5.41) is 10.8. The van der Waals surface area contributed by atoms with Gasteiger partial charge in [-0.2, -0.15) is 0 Å². The monoisotopic (exact) mass is 669 g/mol. The smallest absolute Gasteiger partial charge is 0.264 e. The molecule has 1 aliphatic heterocycles. The number of aliphatic hydroxyl groups is 1. The fraction of sp³-hybridized carbons (Fsp3) is 0.556. The first-order chi connectivity index (χ1) is 22.1. The Balaban J connectivity index is 1.47. The fourth-order valence-electron chi connectivity index (χ4n) is 7.35. The van der Waals surface area contributed by atoms with Gasteiger partial charge in [-0.1, -0.05) is 56.2 Å². The van der Waals surface area contributed by atoms with Gasteiger partial charge in [0.05, 0.1) is 23.6 Å². The zero-order valence-electron chi connectivity index (χ0n) is 27.1. The second-order valence-corrected chi connectivity index (χ2v) is 15.5. The third-order valence-corrected chi connectivity index (χ3v) is 12.2. The zero-order chi connectivity index (χ0) is 32.9. The number of benzene rings is 1. The minimum absolute atomic E-state index is 0.147. The Morgan fingerprint density at radius 2 is 2.09 bits per heavy atom. The molecule has 0 bridgehead atoms. The number of aromatic nitrogens is 1. The summed E-state index contributed by atoms with van der Waals surface area (Å²) >= 11 is 6.30. The summed E-state index contributed by atoms with van der Waals surface area (Å²) < 4.78 is 35.2. The van der Waals surface area contributed by atoms with Crippen molar-refractivity contribution in [2.24, 2.45) is 11.8 Å². The molecule has 3 aliphatic rings. The number of fused-ring (bicyclic) bond motifs is 3. The van der Waals surface area contributed by atoms with Gasteiger partial charge in [-0.05, 0) is 99.5 Å². The summed E-state index contributed by atoms with van der Waals surface area (Å²) in [6.07, 6.45) is 13.2. The molecule has 2 unspecified atom stereocenters. The predicted octanol–water partition coefficient (Wildman–Crippen LogP) is 6.76. The van der Waals surface area contributed by atoms with Gasteiger partial charge in [0.25, 0.3) is 5.91 Å². The number of sulfonamides is 1. The zero-order valence-corrected chi connectivity index (χ0v) is 28.7. The van der Waals surface area contributed by atoms with Gasteiger partial charge in [0.2, 0.25) is 10.0 Å². The van der Waals surface area contributed by atoms with E-state index in [1.54, 1.807) is 24.3 Å². The molecule has 1 amide bonds. The van der Waals surface area contributed by atoms with Gasteiger partial charge in [0.15, 0.2) is 0 Å².